The van der Waals surface area contributed by atoms with Gasteiger partial charge in [-0.3, -0.25) is 5.41 Å². The number of benzene rings is 6. The van der Waals surface area contributed by atoms with Gasteiger partial charge in [-0.15, -0.1) is 11.3 Å². The van der Waals surface area contributed by atoms with Crippen molar-refractivity contribution in [1.82, 2.24) is 4.57 Å². The zero-order valence-corrected chi connectivity index (χ0v) is 28.7. The van der Waals surface area contributed by atoms with Crippen molar-refractivity contribution in [1.29, 1.82) is 5.41 Å². The van der Waals surface area contributed by atoms with Gasteiger partial charge in [-0.2, -0.15) is 0 Å². The van der Waals surface area contributed by atoms with Crippen LogP contribution in [0.25, 0.3) is 48.0 Å². The summed E-state index contributed by atoms with van der Waals surface area (Å²) in [5, 5.41) is 16.7. The quantitative estimate of drug-likeness (QED) is 0.165. The van der Waals surface area contributed by atoms with Crippen LogP contribution in [0.15, 0.2) is 140 Å². The molecule has 1 aliphatic carbocycles. The standard InChI is InChI=1S/C45H37N3S/c1-4-37(47-38-20-12-9-18-34(38)41(46)29-14-6-5-7-15-29)28-22-24-30(25-23-28)48-39-21-13-10-16-31(39)32-26-27-35-40-43(49-44(35)42(32)48)33-17-8-11-19-36(33)45(40,2)3/h5-27,37,46-47H,4H2,1-3H3. The van der Waals surface area contributed by atoms with Crippen LogP contribution in [-0.4, -0.2) is 10.3 Å². The van der Waals surface area contributed by atoms with Crippen molar-refractivity contribution >= 4 is 54.6 Å². The molecule has 1 atom stereocenters. The number of hydrogen-bond donors (Lipinski definition) is 2. The van der Waals surface area contributed by atoms with Gasteiger partial charge >= 0.3 is 0 Å². The highest BCUT2D eigenvalue weighted by atomic mass is 32.1. The maximum absolute atomic E-state index is 8.96. The zero-order valence-electron chi connectivity index (χ0n) is 27.9. The minimum atomic E-state index is -0.0449. The van der Waals surface area contributed by atoms with Gasteiger partial charge in [0.2, 0.25) is 0 Å². The molecule has 49 heavy (non-hydrogen) atoms. The summed E-state index contributed by atoms with van der Waals surface area (Å²) in [4.78, 5) is 1.41. The van der Waals surface area contributed by atoms with E-state index in [9.17, 15) is 0 Å². The third kappa shape index (κ3) is 4.51. The molecule has 238 valence electrons. The Balaban J connectivity index is 1.14. The van der Waals surface area contributed by atoms with Gasteiger partial charge in [-0.1, -0.05) is 136 Å². The van der Waals surface area contributed by atoms with Crippen LogP contribution in [0.5, 0.6) is 0 Å². The minimum absolute atomic E-state index is 0.0449. The molecule has 2 N–H and O–H groups in total. The predicted molar refractivity (Wildman–Crippen MR) is 209 cm³/mol. The van der Waals surface area contributed by atoms with E-state index < -0.39 is 0 Å². The normalized spacial score (nSPS) is 13.9. The summed E-state index contributed by atoms with van der Waals surface area (Å²) in [6.07, 6.45) is 0.917. The van der Waals surface area contributed by atoms with Crippen LogP contribution in [0, 0.1) is 5.41 Å². The predicted octanol–water partition coefficient (Wildman–Crippen LogP) is 12.3. The van der Waals surface area contributed by atoms with E-state index in [0.717, 1.165) is 28.9 Å². The second kappa shape index (κ2) is 11.3. The molecule has 0 saturated heterocycles. The first-order valence-electron chi connectivity index (χ1n) is 17.1. The minimum Gasteiger partial charge on any atom is -0.378 e. The second-order valence-electron chi connectivity index (χ2n) is 13.7. The van der Waals surface area contributed by atoms with Crippen molar-refractivity contribution in [2.75, 3.05) is 5.32 Å². The number of nitrogens with one attached hydrogen (secondary N) is 2. The molecule has 8 aromatic rings. The van der Waals surface area contributed by atoms with Crippen LogP contribution >= 0.6 is 11.3 Å². The Kier molecular flexibility index (Phi) is 6.86. The lowest BCUT2D eigenvalue weighted by atomic mass is 9.81. The van der Waals surface area contributed by atoms with E-state index >= 15 is 0 Å². The highest BCUT2D eigenvalue weighted by Gasteiger charge is 2.39. The Morgan fingerprint density at radius 2 is 1.43 bits per heavy atom. The molecule has 0 aliphatic heterocycles. The Hall–Kier alpha value is -5.45. The fourth-order valence-electron chi connectivity index (χ4n) is 8.09. The first-order chi connectivity index (χ1) is 24.0. The average molecular weight is 652 g/mol. The van der Waals surface area contributed by atoms with Crippen LogP contribution < -0.4 is 5.32 Å². The molecule has 0 saturated carbocycles. The summed E-state index contributed by atoms with van der Waals surface area (Å²) in [5.74, 6) is 0. The topological polar surface area (TPSA) is 40.8 Å². The van der Waals surface area contributed by atoms with Gasteiger partial charge in [0.05, 0.1) is 27.5 Å². The first kappa shape index (κ1) is 29.7. The van der Waals surface area contributed by atoms with Gasteiger partial charge in [0.25, 0.3) is 0 Å². The van der Waals surface area contributed by atoms with Crippen molar-refractivity contribution < 1.29 is 0 Å². The van der Waals surface area contributed by atoms with E-state index in [-0.39, 0.29) is 11.5 Å². The molecule has 6 aromatic carbocycles. The largest absolute Gasteiger partial charge is 0.378 e. The Bertz CT molecular complexity index is 2550. The van der Waals surface area contributed by atoms with Gasteiger partial charge < -0.3 is 9.88 Å². The molecule has 2 aromatic heterocycles. The highest BCUT2D eigenvalue weighted by molar-refractivity contribution is 7.23. The summed E-state index contributed by atoms with van der Waals surface area (Å²) < 4.78 is 3.84. The lowest BCUT2D eigenvalue weighted by Crippen LogP contribution is -2.14. The van der Waals surface area contributed by atoms with E-state index in [1.54, 1.807) is 0 Å². The molecule has 0 bridgehead atoms. The van der Waals surface area contributed by atoms with Crippen LogP contribution in [0.2, 0.25) is 0 Å². The van der Waals surface area contributed by atoms with Gasteiger partial charge in [0, 0.05) is 43.6 Å². The van der Waals surface area contributed by atoms with Gasteiger partial charge in [-0.25, -0.2) is 0 Å². The fourth-order valence-corrected chi connectivity index (χ4v) is 9.63. The van der Waals surface area contributed by atoms with E-state index in [2.05, 4.69) is 122 Å². The van der Waals surface area contributed by atoms with Crippen molar-refractivity contribution in [3.8, 4) is 16.1 Å². The Morgan fingerprint density at radius 3 is 2.24 bits per heavy atom. The SMILES string of the molecule is CCC(Nc1ccccc1C(=N)c1ccccc1)c1ccc(-n2c3ccccc3c3ccc4c5c(sc4c32)-c2ccccc2C5(C)C)cc1. The summed E-state index contributed by atoms with van der Waals surface area (Å²) in [5.41, 5.74) is 12.5. The number of nitrogens with zero attached hydrogens (tertiary/aromatic N) is 1. The molecule has 0 amide bonds. The highest BCUT2D eigenvalue weighted by Crippen LogP contribution is 2.56. The molecule has 1 aliphatic rings. The van der Waals surface area contributed by atoms with Crippen LogP contribution in [0.3, 0.4) is 0 Å². The van der Waals surface area contributed by atoms with E-state index in [0.29, 0.717) is 5.71 Å². The molecule has 0 spiro atoms. The van der Waals surface area contributed by atoms with E-state index in [1.807, 2.05) is 59.9 Å². The maximum atomic E-state index is 8.96. The molecular formula is C45H37N3S. The molecule has 0 fully saturated rings. The van der Waals surface area contributed by atoms with Crippen LogP contribution in [0.1, 0.15) is 61.1 Å². The van der Waals surface area contributed by atoms with Crippen LogP contribution in [0.4, 0.5) is 5.69 Å². The Labute approximate surface area is 291 Å². The van der Waals surface area contributed by atoms with Crippen molar-refractivity contribution in [3.63, 3.8) is 0 Å². The first-order valence-corrected chi connectivity index (χ1v) is 18.0. The molecule has 0 radical (unpaired) electrons. The van der Waals surface area contributed by atoms with Gasteiger partial charge in [0.15, 0.2) is 0 Å². The third-order valence-electron chi connectivity index (χ3n) is 10.5. The third-order valence-corrected chi connectivity index (χ3v) is 11.8. The Morgan fingerprint density at radius 1 is 0.735 bits per heavy atom. The number of thiophene rings is 1. The summed E-state index contributed by atoms with van der Waals surface area (Å²) in [7, 11) is 0. The number of para-hydroxylation sites is 2. The molecule has 1 unspecified atom stereocenters. The number of rotatable bonds is 7. The molecule has 2 heterocycles. The van der Waals surface area contributed by atoms with Gasteiger partial charge in [0.1, 0.15) is 0 Å². The lowest BCUT2D eigenvalue weighted by molar-refractivity contribution is 0.667. The number of aromatic nitrogens is 1. The van der Waals surface area contributed by atoms with E-state index in [4.69, 9.17) is 5.41 Å². The van der Waals surface area contributed by atoms with Crippen LogP contribution in [-0.2, 0) is 5.41 Å². The fraction of sp³-hybridized carbons (Fsp3) is 0.133. The molecular weight excluding hydrogens is 615 g/mol. The van der Waals surface area contributed by atoms with E-state index in [1.165, 1.54) is 59.0 Å². The second-order valence-corrected chi connectivity index (χ2v) is 14.7. The molecule has 9 rings (SSSR count). The number of hydrogen-bond acceptors (Lipinski definition) is 3. The summed E-state index contributed by atoms with van der Waals surface area (Å²) in [6.45, 7) is 6.98. The molecule has 3 nitrogen and oxygen atoms in total. The zero-order chi connectivity index (χ0) is 33.3. The smallest absolute Gasteiger partial charge is 0.0719 e. The molecule has 4 heteroatoms. The average Bonchev–Trinajstić information content (AvgIpc) is 3.78. The monoisotopic (exact) mass is 651 g/mol. The maximum Gasteiger partial charge on any atom is 0.0719 e. The summed E-state index contributed by atoms with van der Waals surface area (Å²) >= 11 is 1.95. The van der Waals surface area contributed by atoms with Crippen molar-refractivity contribution in [2.24, 2.45) is 0 Å². The van der Waals surface area contributed by atoms with Crippen molar-refractivity contribution in [3.05, 3.63) is 167 Å². The number of fused-ring (bicyclic) bond motifs is 9. The lowest BCUT2D eigenvalue weighted by Gasteiger charge is -2.22. The van der Waals surface area contributed by atoms with Crippen molar-refractivity contribution in [2.45, 2.75) is 38.6 Å². The summed E-state index contributed by atoms with van der Waals surface area (Å²) in [6, 6.07) is 49.8. The van der Waals surface area contributed by atoms with Gasteiger partial charge in [-0.05, 0) is 58.3 Å². The number of anilines is 1.